The van der Waals surface area contributed by atoms with Gasteiger partial charge in [-0.1, -0.05) is 123 Å². The minimum Gasteiger partial charge on any atom is -0.454 e. The normalized spacial score (nSPS) is 27.6. The van der Waals surface area contributed by atoms with Gasteiger partial charge in [0.05, 0.1) is 11.1 Å². The van der Waals surface area contributed by atoms with E-state index in [1.54, 1.807) is 24.3 Å². The van der Waals surface area contributed by atoms with Crippen molar-refractivity contribution in [3.63, 3.8) is 0 Å². The van der Waals surface area contributed by atoms with Crippen LogP contribution >= 0.6 is 23.2 Å². The molecule has 6 atom stereocenters. The van der Waals surface area contributed by atoms with Crippen LogP contribution in [0.15, 0.2) is 97.1 Å². The van der Waals surface area contributed by atoms with Gasteiger partial charge in [-0.3, -0.25) is 14.5 Å². The second-order valence-electron chi connectivity index (χ2n) is 13.4. The topological polar surface area (TPSA) is 58.6 Å². The molecule has 5 nitrogen and oxygen atoms in total. The van der Waals surface area contributed by atoms with Crippen molar-refractivity contribution in [2.75, 3.05) is 5.32 Å². The summed E-state index contributed by atoms with van der Waals surface area (Å²) in [5.41, 5.74) is 1.55. The summed E-state index contributed by atoms with van der Waals surface area (Å²) in [6.45, 7) is 6.35. The highest BCUT2D eigenvalue weighted by Crippen LogP contribution is 2.64. The monoisotopic (exact) mass is 642 g/mol. The molecule has 0 saturated carbocycles. The zero-order valence-electron chi connectivity index (χ0n) is 25.1. The lowest BCUT2D eigenvalue weighted by Gasteiger charge is -2.47. The van der Waals surface area contributed by atoms with Crippen LogP contribution in [0.5, 0.6) is 0 Å². The van der Waals surface area contributed by atoms with E-state index in [9.17, 15) is 9.59 Å². The summed E-state index contributed by atoms with van der Waals surface area (Å²) in [7, 11) is 0. The summed E-state index contributed by atoms with van der Waals surface area (Å²) < 4.78 is 22.7. The van der Waals surface area contributed by atoms with Gasteiger partial charge in [-0.05, 0) is 52.3 Å². The third kappa shape index (κ3) is 4.68. The molecule has 1 spiro atoms. The number of carbonyl (C=O) groups is 2. The second-order valence-corrected chi connectivity index (χ2v) is 14.3. The summed E-state index contributed by atoms with van der Waals surface area (Å²) in [5.74, 6) is -2.42. The molecule has 4 aromatic carbocycles. The molecule has 0 unspecified atom stereocenters. The Morgan fingerprint density at radius 3 is 2.20 bits per heavy atom. The van der Waals surface area contributed by atoms with Crippen LogP contribution in [0.25, 0.3) is 0 Å². The first-order chi connectivity index (χ1) is 21.5. The number of carbonyl (C=O) groups excluding carboxylic acids is 2. The summed E-state index contributed by atoms with van der Waals surface area (Å²) in [4.78, 5) is 31.5. The first-order valence-corrected chi connectivity index (χ1v) is 15.9. The van der Waals surface area contributed by atoms with E-state index in [1.165, 1.54) is 6.07 Å². The molecule has 3 aliphatic heterocycles. The number of nitrogens with one attached hydrogen (secondary N) is 1. The minimum absolute atomic E-state index is 0.0749. The van der Waals surface area contributed by atoms with Crippen molar-refractivity contribution in [1.29, 1.82) is 0 Å². The lowest BCUT2D eigenvalue weighted by atomic mass is 9.62. The zero-order valence-corrected chi connectivity index (χ0v) is 26.6. The smallest absolute Gasteiger partial charge is 0.324 e. The van der Waals surface area contributed by atoms with Gasteiger partial charge >= 0.3 is 5.97 Å². The number of rotatable bonds is 4. The molecule has 8 heteroatoms. The number of benzene rings is 4. The van der Waals surface area contributed by atoms with Gasteiger partial charge < -0.3 is 10.1 Å². The van der Waals surface area contributed by atoms with E-state index >= 15 is 4.39 Å². The zero-order chi connectivity index (χ0) is 31.7. The standard InChI is InChI=1S/C37H33Cl2FN2O3/c1-36(2,3)20-28-37(25-18-17-23(38)19-27(25)41-35(37)44)29(24-15-10-16-26(39)30(24)40)32-34(43)45-33(22-13-8-5-9-14-22)31(42(28)32)21-11-6-4-7-12-21/h4-19,28-29,31-33H,20H2,1-3H3,(H,41,44)/t28-,29-,31+,32-,33+,37+/m1/s1. The number of ether oxygens (including phenoxy) is 1. The number of fused-ring (bicyclic) bond motifs is 3. The molecule has 45 heavy (non-hydrogen) atoms. The molecular weight excluding hydrogens is 610 g/mol. The molecule has 4 aromatic rings. The van der Waals surface area contributed by atoms with Crippen LogP contribution in [-0.4, -0.2) is 28.9 Å². The number of anilines is 1. The third-order valence-corrected chi connectivity index (χ3v) is 10.1. The van der Waals surface area contributed by atoms with E-state index in [0.717, 1.165) is 11.1 Å². The van der Waals surface area contributed by atoms with Crippen molar-refractivity contribution in [1.82, 2.24) is 4.90 Å². The maximum Gasteiger partial charge on any atom is 0.324 e. The molecule has 1 N–H and O–H groups in total. The molecule has 7 rings (SSSR count). The van der Waals surface area contributed by atoms with Crippen LogP contribution in [0, 0.1) is 11.2 Å². The Hall–Kier alpha value is -3.71. The van der Waals surface area contributed by atoms with Crippen LogP contribution in [0.1, 0.15) is 67.5 Å². The predicted octanol–water partition coefficient (Wildman–Crippen LogP) is 8.63. The number of cyclic esters (lactones) is 1. The van der Waals surface area contributed by atoms with Gasteiger partial charge in [0.2, 0.25) is 5.91 Å². The number of nitrogens with zero attached hydrogens (tertiary/aromatic N) is 1. The summed E-state index contributed by atoms with van der Waals surface area (Å²) in [6, 6.07) is 27.7. The Morgan fingerprint density at radius 2 is 1.53 bits per heavy atom. The Balaban J connectivity index is 1.58. The minimum atomic E-state index is -1.37. The number of hydrogen-bond acceptors (Lipinski definition) is 4. The SMILES string of the molecule is CC(C)(C)C[C@H]1N2[C@@H](C(=O)O[C@@H](c3ccccc3)[C@@H]2c2ccccc2)[C@@H](c2cccc(Cl)c2F)[C@@]12C(=O)Nc1cc(Cl)ccc12. The first-order valence-electron chi connectivity index (χ1n) is 15.2. The van der Waals surface area contributed by atoms with Gasteiger partial charge in [0.1, 0.15) is 23.4 Å². The quantitative estimate of drug-likeness (QED) is 0.226. The maximum absolute atomic E-state index is 16.3. The fraction of sp³-hybridized carbons (Fsp3) is 0.297. The van der Waals surface area contributed by atoms with Crippen LogP contribution in [0.2, 0.25) is 10.0 Å². The molecule has 230 valence electrons. The average Bonchev–Trinajstić information content (AvgIpc) is 3.46. The summed E-state index contributed by atoms with van der Waals surface area (Å²) in [5, 5.41) is 3.47. The van der Waals surface area contributed by atoms with Gasteiger partial charge in [-0.15, -0.1) is 0 Å². The van der Waals surface area contributed by atoms with Crippen molar-refractivity contribution < 1.29 is 18.7 Å². The van der Waals surface area contributed by atoms with Crippen LogP contribution in [0.4, 0.5) is 10.1 Å². The molecule has 0 aromatic heterocycles. The van der Waals surface area contributed by atoms with Crippen LogP contribution in [-0.2, 0) is 19.7 Å². The third-order valence-electron chi connectivity index (χ3n) is 9.55. The van der Waals surface area contributed by atoms with Gasteiger partial charge in [0.25, 0.3) is 0 Å². The Morgan fingerprint density at radius 1 is 0.867 bits per heavy atom. The van der Waals surface area contributed by atoms with Gasteiger partial charge in [0.15, 0.2) is 0 Å². The van der Waals surface area contributed by atoms with Gasteiger partial charge in [0, 0.05) is 22.7 Å². The van der Waals surface area contributed by atoms with Crippen molar-refractivity contribution in [3.8, 4) is 0 Å². The molecule has 0 aliphatic carbocycles. The van der Waals surface area contributed by atoms with Crippen molar-refractivity contribution in [3.05, 3.63) is 135 Å². The maximum atomic E-state index is 16.3. The van der Waals surface area contributed by atoms with E-state index in [4.69, 9.17) is 27.9 Å². The number of esters is 1. The predicted molar refractivity (Wildman–Crippen MR) is 174 cm³/mol. The number of amides is 1. The molecule has 0 bridgehead atoms. The first kappa shape index (κ1) is 30.0. The molecule has 0 radical (unpaired) electrons. The summed E-state index contributed by atoms with van der Waals surface area (Å²) in [6.07, 6.45) is -0.149. The number of morpholine rings is 1. The van der Waals surface area contributed by atoms with E-state index in [1.807, 2.05) is 66.7 Å². The Bertz CT molecular complexity index is 1790. The molecular formula is C37H33Cl2FN2O3. The van der Waals surface area contributed by atoms with Crippen molar-refractivity contribution in [2.45, 2.75) is 62.8 Å². The van der Waals surface area contributed by atoms with E-state index in [-0.39, 0.29) is 21.9 Å². The van der Waals surface area contributed by atoms with Crippen LogP contribution < -0.4 is 5.32 Å². The molecule has 2 saturated heterocycles. The van der Waals surface area contributed by atoms with E-state index < -0.39 is 47.3 Å². The Labute approximate surface area is 272 Å². The fourth-order valence-corrected chi connectivity index (χ4v) is 8.33. The lowest BCUT2D eigenvalue weighted by Crippen LogP contribution is -2.54. The molecule has 1 amide bonds. The lowest BCUT2D eigenvalue weighted by molar-refractivity contribution is -0.176. The highest BCUT2D eigenvalue weighted by Gasteiger charge is 2.72. The fourth-order valence-electron chi connectivity index (χ4n) is 7.98. The van der Waals surface area contributed by atoms with Crippen LogP contribution in [0.3, 0.4) is 0 Å². The van der Waals surface area contributed by atoms with Gasteiger partial charge in [-0.2, -0.15) is 0 Å². The number of hydrogen-bond donors (Lipinski definition) is 1. The van der Waals surface area contributed by atoms with Crippen molar-refractivity contribution in [2.24, 2.45) is 5.41 Å². The highest BCUT2D eigenvalue weighted by molar-refractivity contribution is 6.31. The second kappa shape index (κ2) is 11.0. The average molecular weight is 644 g/mol. The van der Waals surface area contributed by atoms with Gasteiger partial charge in [-0.25, -0.2) is 4.39 Å². The largest absolute Gasteiger partial charge is 0.454 e. The van der Waals surface area contributed by atoms with E-state index in [2.05, 4.69) is 31.0 Å². The molecule has 3 heterocycles. The Kier molecular flexibility index (Phi) is 7.31. The molecule has 2 fully saturated rings. The van der Waals surface area contributed by atoms with E-state index in [0.29, 0.717) is 22.7 Å². The van der Waals surface area contributed by atoms with Crippen molar-refractivity contribution >= 4 is 40.8 Å². The molecule has 3 aliphatic rings. The summed E-state index contributed by atoms with van der Waals surface area (Å²) >= 11 is 12.8. The highest BCUT2D eigenvalue weighted by atomic mass is 35.5. The number of halogens is 3.